The van der Waals surface area contributed by atoms with Crippen molar-refractivity contribution in [2.24, 2.45) is 11.1 Å². The molecule has 1 nitrogen and oxygen atoms in total. The molecule has 1 aliphatic rings. The lowest BCUT2D eigenvalue weighted by Crippen LogP contribution is -2.56. The van der Waals surface area contributed by atoms with E-state index in [0.717, 1.165) is 25.3 Å². The maximum Gasteiger partial charge on any atom is 0.126 e. The van der Waals surface area contributed by atoms with Crippen LogP contribution in [0.5, 0.6) is 0 Å². The van der Waals surface area contributed by atoms with Crippen molar-refractivity contribution in [2.75, 3.05) is 0 Å². The summed E-state index contributed by atoms with van der Waals surface area (Å²) in [5, 5.41) is 0. The van der Waals surface area contributed by atoms with E-state index in [1.807, 2.05) is 0 Å². The Hall–Kier alpha value is -0.960. The van der Waals surface area contributed by atoms with Crippen LogP contribution in [0.1, 0.15) is 45.1 Å². The molecule has 1 saturated carbocycles. The molecular formula is C15H21F2N. The fraction of sp³-hybridized carbons (Fsp3) is 0.600. The SMILES string of the molecule is CC1(C)CCCCC1(N)Cc1cc(F)cc(F)c1. The van der Waals surface area contributed by atoms with E-state index in [4.69, 9.17) is 5.73 Å². The van der Waals surface area contributed by atoms with Gasteiger partial charge in [-0.05, 0) is 42.4 Å². The van der Waals surface area contributed by atoms with E-state index in [2.05, 4.69) is 13.8 Å². The van der Waals surface area contributed by atoms with Crippen molar-refractivity contribution >= 4 is 0 Å². The lowest BCUT2D eigenvalue weighted by Gasteiger charge is -2.48. The topological polar surface area (TPSA) is 26.0 Å². The Morgan fingerprint density at radius 3 is 2.17 bits per heavy atom. The Kier molecular flexibility index (Phi) is 3.45. The Morgan fingerprint density at radius 1 is 1.06 bits per heavy atom. The zero-order valence-corrected chi connectivity index (χ0v) is 11.1. The zero-order chi connectivity index (χ0) is 13.4. The molecule has 1 aromatic rings. The summed E-state index contributed by atoms with van der Waals surface area (Å²) >= 11 is 0. The number of hydrogen-bond acceptors (Lipinski definition) is 1. The van der Waals surface area contributed by atoms with Gasteiger partial charge in [-0.1, -0.05) is 26.7 Å². The summed E-state index contributed by atoms with van der Waals surface area (Å²) in [5.74, 6) is -1.05. The first kappa shape index (κ1) is 13.5. The van der Waals surface area contributed by atoms with Gasteiger partial charge in [0.15, 0.2) is 0 Å². The fourth-order valence-corrected chi connectivity index (χ4v) is 3.00. The van der Waals surface area contributed by atoms with Crippen LogP contribution in [-0.2, 0) is 6.42 Å². The fourth-order valence-electron chi connectivity index (χ4n) is 3.00. The van der Waals surface area contributed by atoms with Crippen LogP contribution < -0.4 is 5.73 Å². The van der Waals surface area contributed by atoms with Crippen molar-refractivity contribution in [1.29, 1.82) is 0 Å². The highest BCUT2D eigenvalue weighted by Crippen LogP contribution is 2.43. The lowest BCUT2D eigenvalue weighted by molar-refractivity contribution is 0.0989. The molecule has 18 heavy (non-hydrogen) atoms. The number of rotatable bonds is 2. The van der Waals surface area contributed by atoms with Gasteiger partial charge in [0, 0.05) is 11.6 Å². The normalized spacial score (nSPS) is 27.2. The van der Waals surface area contributed by atoms with Gasteiger partial charge in [0.1, 0.15) is 11.6 Å². The van der Waals surface area contributed by atoms with Gasteiger partial charge in [-0.3, -0.25) is 0 Å². The predicted octanol–water partition coefficient (Wildman–Crippen LogP) is 3.81. The van der Waals surface area contributed by atoms with Crippen LogP contribution in [0.15, 0.2) is 18.2 Å². The Labute approximate surface area is 107 Å². The Bertz CT molecular complexity index is 422. The van der Waals surface area contributed by atoms with Gasteiger partial charge < -0.3 is 5.73 Å². The van der Waals surface area contributed by atoms with Crippen molar-refractivity contribution in [3.05, 3.63) is 35.4 Å². The van der Waals surface area contributed by atoms with Crippen molar-refractivity contribution in [1.82, 2.24) is 0 Å². The van der Waals surface area contributed by atoms with Gasteiger partial charge >= 0.3 is 0 Å². The molecule has 0 amide bonds. The molecular weight excluding hydrogens is 232 g/mol. The van der Waals surface area contributed by atoms with Gasteiger partial charge in [-0.15, -0.1) is 0 Å². The van der Waals surface area contributed by atoms with Gasteiger partial charge in [0.05, 0.1) is 0 Å². The number of benzene rings is 1. The molecule has 1 unspecified atom stereocenters. The highest BCUT2D eigenvalue weighted by molar-refractivity contribution is 5.22. The van der Waals surface area contributed by atoms with Crippen molar-refractivity contribution in [3.8, 4) is 0 Å². The van der Waals surface area contributed by atoms with Crippen LogP contribution in [0.3, 0.4) is 0 Å². The first-order valence-corrected chi connectivity index (χ1v) is 6.56. The summed E-state index contributed by atoms with van der Waals surface area (Å²) in [5.41, 5.74) is 6.82. The summed E-state index contributed by atoms with van der Waals surface area (Å²) in [7, 11) is 0. The molecule has 1 fully saturated rings. The third-order valence-corrected chi connectivity index (χ3v) is 4.46. The smallest absolute Gasteiger partial charge is 0.126 e. The number of halogens is 2. The Morgan fingerprint density at radius 2 is 1.61 bits per heavy atom. The lowest BCUT2D eigenvalue weighted by atomic mass is 9.61. The van der Waals surface area contributed by atoms with Crippen LogP contribution in [0, 0.1) is 17.0 Å². The van der Waals surface area contributed by atoms with Crippen molar-refractivity contribution in [2.45, 2.75) is 51.5 Å². The van der Waals surface area contributed by atoms with Gasteiger partial charge in [-0.2, -0.15) is 0 Å². The molecule has 0 aromatic heterocycles. The molecule has 1 aromatic carbocycles. The molecule has 0 heterocycles. The van der Waals surface area contributed by atoms with E-state index in [-0.39, 0.29) is 11.0 Å². The monoisotopic (exact) mass is 253 g/mol. The minimum Gasteiger partial charge on any atom is -0.324 e. The third-order valence-electron chi connectivity index (χ3n) is 4.46. The van der Waals surface area contributed by atoms with Crippen LogP contribution >= 0.6 is 0 Å². The molecule has 0 bridgehead atoms. The van der Waals surface area contributed by atoms with Crippen molar-refractivity contribution < 1.29 is 8.78 Å². The molecule has 0 spiro atoms. The largest absolute Gasteiger partial charge is 0.324 e. The van der Waals surface area contributed by atoms with Crippen molar-refractivity contribution in [3.63, 3.8) is 0 Å². The standard InChI is InChI=1S/C15H21F2N/c1-14(2)5-3-4-6-15(14,18)10-11-7-12(16)9-13(17)8-11/h7-9H,3-6,10,18H2,1-2H3. The second-order valence-electron chi connectivity index (χ2n) is 6.20. The van der Waals surface area contributed by atoms with Crippen LogP contribution in [-0.4, -0.2) is 5.54 Å². The Balaban J connectivity index is 2.26. The first-order chi connectivity index (χ1) is 8.32. The molecule has 1 aliphatic carbocycles. The molecule has 0 radical (unpaired) electrons. The molecule has 2 rings (SSSR count). The quantitative estimate of drug-likeness (QED) is 0.852. The van der Waals surface area contributed by atoms with Gasteiger partial charge in [0.25, 0.3) is 0 Å². The second kappa shape index (κ2) is 4.61. The first-order valence-electron chi connectivity index (χ1n) is 6.56. The summed E-state index contributed by atoms with van der Waals surface area (Å²) in [6.45, 7) is 4.31. The molecule has 0 saturated heterocycles. The molecule has 2 N–H and O–H groups in total. The summed E-state index contributed by atoms with van der Waals surface area (Å²) in [4.78, 5) is 0. The second-order valence-corrected chi connectivity index (χ2v) is 6.20. The third kappa shape index (κ3) is 2.56. The minimum absolute atomic E-state index is 0.00798. The molecule has 0 aliphatic heterocycles. The molecule has 1 atom stereocenters. The predicted molar refractivity (Wildman–Crippen MR) is 69.2 cm³/mol. The summed E-state index contributed by atoms with van der Waals surface area (Å²) < 4.78 is 26.4. The zero-order valence-electron chi connectivity index (χ0n) is 11.1. The summed E-state index contributed by atoms with van der Waals surface area (Å²) in [6, 6.07) is 3.68. The van der Waals surface area contributed by atoms with Crippen LogP contribution in [0.25, 0.3) is 0 Å². The molecule has 100 valence electrons. The maximum atomic E-state index is 13.2. The van der Waals surface area contributed by atoms with Crippen LogP contribution in [0.2, 0.25) is 0 Å². The van der Waals surface area contributed by atoms with E-state index >= 15 is 0 Å². The maximum absolute atomic E-state index is 13.2. The minimum atomic E-state index is -0.526. The average Bonchev–Trinajstić information content (AvgIpc) is 2.21. The number of hydrogen-bond donors (Lipinski definition) is 1. The average molecular weight is 253 g/mol. The van der Waals surface area contributed by atoms with E-state index in [0.29, 0.717) is 12.0 Å². The van der Waals surface area contributed by atoms with Gasteiger partial charge in [-0.25, -0.2) is 8.78 Å². The molecule has 3 heteroatoms. The summed E-state index contributed by atoms with van der Waals surface area (Å²) in [6.07, 6.45) is 4.80. The van der Waals surface area contributed by atoms with Gasteiger partial charge in [0.2, 0.25) is 0 Å². The number of nitrogens with two attached hydrogens (primary N) is 1. The van der Waals surface area contributed by atoms with E-state index in [9.17, 15) is 8.78 Å². The van der Waals surface area contributed by atoms with E-state index in [1.165, 1.54) is 18.6 Å². The van der Waals surface area contributed by atoms with E-state index in [1.54, 1.807) is 0 Å². The highest BCUT2D eigenvalue weighted by Gasteiger charge is 2.43. The van der Waals surface area contributed by atoms with Crippen LogP contribution in [0.4, 0.5) is 8.78 Å². The highest BCUT2D eigenvalue weighted by atomic mass is 19.1. The van der Waals surface area contributed by atoms with E-state index < -0.39 is 11.6 Å².